The van der Waals surface area contributed by atoms with E-state index in [2.05, 4.69) is 47.5 Å². The fraction of sp³-hybridized carbons (Fsp3) is 0.409. The van der Waals surface area contributed by atoms with Crippen LogP contribution in [0.5, 0.6) is 0 Å². The lowest BCUT2D eigenvalue weighted by Crippen LogP contribution is -2.45. The highest BCUT2D eigenvalue weighted by Gasteiger charge is 2.18. The number of anilines is 3. The van der Waals surface area contributed by atoms with Crippen molar-refractivity contribution in [1.82, 2.24) is 19.9 Å². The first-order chi connectivity index (χ1) is 14.9. The van der Waals surface area contributed by atoms with Gasteiger partial charge >= 0.3 is 0 Å². The molecule has 0 saturated carbocycles. The lowest BCUT2D eigenvalue weighted by Gasteiger charge is -2.33. The molecule has 1 unspecified atom stereocenters. The Hall–Kier alpha value is -2.78. The molecule has 3 heterocycles. The highest BCUT2D eigenvalue weighted by atomic mass is 32.2. The van der Waals surface area contributed by atoms with E-state index in [0.29, 0.717) is 6.54 Å². The van der Waals surface area contributed by atoms with Gasteiger partial charge in [-0.15, -0.1) is 0 Å². The summed E-state index contributed by atoms with van der Waals surface area (Å²) in [6.07, 6.45) is 3.41. The number of nitrogens with zero attached hydrogens (tertiary/aromatic N) is 6. The van der Waals surface area contributed by atoms with Crippen molar-refractivity contribution in [3.63, 3.8) is 0 Å². The zero-order valence-corrected chi connectivity index (χ0v) is 19.3. The molecule has 1 N–H and O–H groups in total. The van der Waals surface area contributed by atoms with Crippen molar-refractivity contribution in [3.8, 4) is 0 Å². The van der Waals surface area contributed by atoms with Gasteiger partial charge in [-0.05, 0) is 38.2 Å². The lowest BCUT2D eigenvalue weighted by molar-refractivity contribution is 0.312. The Morgan fingerprint density at radius 2 is 1.94 bits per heavy atom. The number of fused-ring (bicyclic) bond motifs is 1. The molecule has 9 heteroatoms. The van der Waals surface area contributed by atoms with Crippen LogP contribution in [0.4, 0.5) is 17.2 Å². The topological polar surface area (TPSA) is 77.5 Å². The second-order valence-electron chi connectivity index (χ2n) is 8.00. The first-order valence-corrected chi connectivity index (χ1v) is 11.9. The lowest BCUT2D eigenvalue weighted by atomic mass is 10.1. The van der Waals surface area contributed by atoms with Gasteiger partial charge in [-0.2, -0.15) is 0 Å². The maximum atomic E-state index is 11.7. The number of benzene rings is 1. The van der Waals surface area contributed by atoms with Gasteiger partial charge in [0.05, 0.1) is 29.1 Å². The number of aryl methyl sites for hydroxylation is 1. The van der Waals surface area contributed by atoms with Crippen LogP contribution in [0.25, 0.3) is 10.9 Å². The minimum Gasteiger partial charge on any atom is -0.367 e. The molecular weight excluding hydrogens is 410 g/mol. The van der Waals surface area contributed by atoms with Crippen LogP contribution < -0.4 is 14.5 Å². The van der Waals surface area contributed by atoms with Gasteiger partial charge in [0.25, 0.3) is 0 Å². The number of rotatable bonds is 6. The molecular formula is C22H29N7OS. The fourth-order valence-corrected chi connectivity index (χ4v) is 4.42. The highest BCUT2D eigenvalue weighted by molar-refractivity contribution is 7.85. The number of nitrogens with one attached hydrogen (secondary N) is 1. The van der Waals surface area contributed by atoms with Gasteiger partial charge < -0.3 is 19.4 Å². The molecule has 1 aliphatic rings. The van der Waals surface area contributed by atoms with Crippen LogP contribution in [0, 0.1) is 6.92 Å². The van der Waals surface area contributed by atoms with Gasteiger partial charge in [-0.3, -0.25) is 4.98 Å². The van der Waals surface area contributed by atoms with E-state index < -0.39 is 11.0 Å². The van der Waals surface area contributed by atoms with Gasteiger partial charge in [0, 0.05) is 57.1 Å². The van der Waals surface area contributed by atoms with E-state index in [1.807, 2.05) is 38.2 Å². The van der Waals surface area contributed by atoms with Crippen LogP contribution in [-0.4, -0.2) is 70.6 Å². The summed E-state index contributed by atoms with van der Waals surface area (Å²) in [5.41, 5.74) is 3.66. The molecule has 0 amide bonds. The molecule has 1 atom stereocenters. The number of piperazine rings is 1. The Morgan fingerprint density at radius 1 is 1.16 bits per heavy atom. The molecule has 0 radical (unpaired) electrons. The van der Waals surface area contributed by atoms with Crippen molar-refractivity contribution in [1.29, 1.82) is 0 Å². The number of pyridine rings is 1. The zero-order chi connectivity index (χ0) is 22.0. The number of likely N-dealkylation sites (N-methyl/N-ethyl adjacent to an activating group) is 1. The molecule has 164 valence electrons. The van der Waals surface area contributed by atoms with Crippen LogP contribution in [0.2, 0.25) is 0 Å². The number of aromatic nitrogens is 3. The van der Waals surface area contributed by atoms with Gasteiger partial charge in [-0.25, -0.2) is 14.2 Å². The molecule has 1 aromatic carbocycles. The summed E-state index contributed by atoms with van der Waals surface area (Å²) in [7, 11) is 3.05. The first kappa shape index (κ1) is 21.5. The Labute approximate surface area is 185 Å². The maximum absolute atomic E-state index is 11.7. The summed E-state index contributed by atoms with van der Waals surface area (Å²) in [6, 6.07) is 9.96. The number of hydrogen-bond acceptors (Lipinski definition) is 7. The Bertz CT molecular complexity index is 1100. The van der Waals surface area contributed by atoms with Crippen molar-refractivity contribution >= 4 is 39.1 Å². The molecule has 0 bridgehead atoms. The molecule has 2 aromatic heterocycles. The molecule has 4 rings (SSSR count). The standard InChI is InChI=1S/C22H29N7OS/c1-16-24-17(14-21(25-16)29-12-10-27(2)11-13-29)15-28(3)20-8-7-19(26-31(4)30)18-6-5-9-23-22(18)20/h5-9,14,26H,10-13,15H2,1-4H3. The summed E-state index contributed by atoms with van der Waals surface area (Å²) < 4.78 is 14.7. The van der Waals surface area contributed by atoms with Crippen LogP contribution in [0.15, 0.2) is 36.5 Å². The third kappa shape index (κ3) is 4.94. The average molecular weight is 440 g/mol. The van der Waals surface area contributed by atoms with Crippen molar-refractivity contribution in [2.45, 2.75) is 13.5 Å². The van der Waals surface area contributed by atoms with E-state index in [-0.39, 0.29) is 0 Å². The van der Waals surface area contributed by atoms with Crippen LogP contribution in [0.3, 0.4) is 0 Å². The predicted molar refractivity (Wildman–Crippen MR) is 128 cm³/mol. The van der Waals surface area contributed by atoms with Crippen LogP contribution in [0.1, 0.15) is 11.5 Å². The zero-order valence-electron chi connectivity index (χ0n) is 18.5. The molecule has 0 spiro atoms. The Balaban J connectivity index is 1.61. The van der Waals surface area contributed by atoms with Gasteiger partial charge in [0.1, 0.15) is 22.6 Å². The van der Waals surface area contributed by atoms with E-state index in [9.17, 15) is 4.21 Å². The average Bonchev–Trinajstić information content (AvgIpc) is 2.73. The van der Waals surface area contributed by atoms with Crippen molar-refractivity contribution < 1.29 is 4.21 Å². The van der Waals surface area contributed by atoms with Gasteiger partial charge in [-0.1, -0.05) is 0 Å². The molecule has 3 aromatic rings. The molecule has 1 fully saturated rings. The molecule has 1 aliphatic heterocycles. The summed E-state index contributed by atoms with van der Waals surface area (Å²) >= 11 is 0. The molecule has 1 saturated heterocycles. The summed E-state index contributed by atoms with van der Waals surface area (Å²) in [5, 5.41) is 0.944. The van der Waals surface area contributed by atoms with E-state index in [4.69, 9.17) is 0 Å². The van der Waals surface area contributed by atoms with Crippen molar-refractivity contribution in [2.75, 3.05) is 61.1 Å². The minimum atomic E-state index is -1.15. The summed E-state index contributed by atoms with van der Waals surface area (Å²) in [5.74, 6) is 1.78. The van der Waals surface area contributed by atoms with Gasteiger partial charge in [0.15, 0.2) is 0 Å². The summed E-state index contributed by atoms with van der Waals surface area (Å²) in [6.45, 7) is 6.62. The Kier molecular flexibility index (Phi) is 6.33. The highest BCUT2D eigenvalue weighted by Crippen LogP contribution is 2.31. The third-order valence-corrected chi connectivity index (χ3v) is 6.02. The second-order valence-corrected chi connectivity index (χ2v) is 9.11. The third-order valence-electron chi connectivity index (χ3n) is 5.52. The van der Waals surface area contributed by atoms with Crippen LogP contribution >= 0.6 is 0 Å². The van der Waals surface area contributed by atoms with Crippen molar-refractivity contribution in [3.05, 3.63) is 48.0 Å². The van der Waals surface area contributed by atoms with E-state index in [0.717, 1.165) is 65.8 Å². The van der Waals surface area contributed by atoms with E-state index in [1.54, 1.807) is 12.5 Å². The van der Waals surface area contributed by atoms with Crippen molar-refractivity contribution in [2.24, 2.45) is 0 Å². The first-order valence-electron chi connectivity index (χ1n) is 10.4. The minimum absolute atomic E-state index is 0.641. The van der Waals surface area contributed by atoms with Crippen LogP contribution in [-0.2, 0) is 17.5 Å². The maximum Gasteiger partial charge on any atom is 0.132 e. The molecule has 31 heavy (non-hydrogen) atoms. The van der Waals surface area contributed by atoms with E-state index in [1.165, 1.54) is 0 Å². The summed E-state index contributed by atoms with van der Waals surface area (Å²) in [4.78, 5) is 20.8. The predicted octanol–water partition coefficient (Wildman–Crippen LogP) is 2.43. The smallest absolute Gasteiger partial charge is 0.132 e. The molecule has 8 nitrogen and oxygen atoms in total. The fourth-order valence-electron chi connectivity index (χ4n) is 3.93. The van der Waals surface area contributed by atoms with E-state index >= 15 is 0 Å². The SMILES string of the molecule is Cc1nc(CN(C)c2ccc(NS(C)=O)c3cccnc23)cc(N2CCN(C)CC2)n1. The normalized spacial score (nSPS) is 15.8. The quantitative estimate of drug-likeness (QED) is 0.632. The number of hydrogen-bond donors (Lipinski definition) is 1. The van der Waals surface area contributed by atoms with Gasteiger partial charge in [0.2, 0.25) is 0 Å². The Morgan fingerprint density at radius 3 is 2.68 bits per heavy atom. The largest absolute Gasteiger partial charge is 0.367 e. The monoisotopic (exact) mass is 439 g/mol. The molecule has 0 aliphatic carbocycles. The second kappa shape index (κ2) is 9.15.